The maximum atomic E-state index is 12.0. The maximum Gasteiger partial charge on any atom is 0.265 e. The second kappa shape index (κ2) is 7.68. The number of rotatable bonds is 5. The first-order valence-electron chi connectivity index (χ1n) is 6.98. The van der Waals surface area contributed by atoms with E-state index in [9.17, 15) is 20.1 Å². The molecule has 128 valence electrons. The number of methoxy groups -OCH3 is 1. The molecule has 0 aliphatic carbocycles. The van der Waals surface area contributed by atoms with Crippen LogP contribution in [0.1, 0.15) is 10.4 Å². The van der Waals surface area contributed by atoms with Crippen LogP contribution in [0.15, 0.2) is 24.3 Å². The molecule has 9 nitrogen and oxygen atoms in total. The van der Waals surface area contributed by atoms with E-state index in [4.69, 9.17) is 14.6 Å². The Kier molecular flexibility index (Phi) is 5.88. The summed E-state index contributed by atoms with van der Waals surface area (Å²) >= 11 is 0. The Morgan fingerprint density at radius 1 is 1.17 bits per heavy atom. The highest BCUT2D eigenvalue weighted by Gasteiger charge is 2.43. The molecule has 2 rings (SSSR count). The van der Waals surface area contributed by atoms with E-state index in [-0.39, 0.29) is 0 Å². The van der Waals surface area contributed by atoms with Gasteiger partial charge in [0.1, 0.15) is 30.2 Å². The SMILES string of the molecule is COc1ccc(C(=O)NN[C@@H]2O[C@H](CO)[C@@H](O)[C@H](O)[C@H]2O)cc1. The standard InChI is InChI=1S/C14H20N2O7/c1-22-8-4-2-7(3-5-8)13(21)15-16-14-12(20)11(19)10(18)9(6-17)23-14/h2-5,9-12,14,16-20H,6H2,1H3,(H,15,21)/t9-,10-,11+,12-,14-/m1/s1. The summed E-state index contributed by atoms with van der Waals surface area (Å²) < 4.78 is 10.2. The smallest absolute Gasteiger partial charge is 0.265 e. The summed E-state index contributed by atoms with van der Waals surface area (Å²) in [5.41, 5.74) is 5.09. The molecule has 23 heavy (non-hydrogen) atoms. The second-order valence-corrected chi connectivity index (χ2v) is 5.08. The highest BCUT2D eigenvalue weighted by Crippen LogP contribution is 2.19. The summed E-state index contributed by atoms with van der Waals surface area (Å²) in [6.45, 7) is -0.546. The van der Waals surface area contributed by atoms with Gasteiger partial charge in [-0.2, -0.15) is 0 Å². The predicted octanol–water partition coefficient (Wildman–Crippen LogP) is -2.27. The summed E-state index contributed by atoms with van der Waals surface area (Å²) in [6, 6.07) is 6.32. The Bertz CT molecular complexity index is 522. The lowest BCUT2D eigenvalue weighted by atomic mass is 9.99. The van der Waals surface area contributed by atoms with Crippen molar-refractivity contribution < 1.29 is 34.7 Å². The summed E-state index contributed by atoms with van der Waals surface area (Å²) in [5.74, 6) is 0.105. The molecule has 0 aromatic heterocycles. The van der Waals surface area contributed by atoms with Crippen LogP contribution in [0.4, 0.5) is 0 Å². The maximum absolute atomic E-state index is 12.0. The number of benzene rings is 1. The average Bonchev–Trinajstić information content (AvgIpc) is 2.59. The van der Waals surface area contributed by atoms with Crippen molar-refractivity contribution in [2.24, 2.45) is 0 Å². The van der Waals surface area contributed by atoms with Gasteiger partial charge in [-0.25, -0.2) is 5.43 Å². The minimum atomic E-state index is -1.52. The van der Waals surface area contributed by atoms with Crippen LogP contribution in [0, 0.1) is 0 Å². The minimum absolute atomic E-state index is 0.336. The lowest BCUT2D eigenvalue weighted by Gasteiger charge is -2.40. The van der Waals surface area contributed by atoms with E-state index < -0.39 is 43.2 Å². The summed E-state index contributed by atoms with van der Waals surface area (Å²) in [5, 5.41) is 38.2. The quantitative estimate of drug-likeness (QED) is 0.333. The number of ether oxygens (including phenoxy) is 2. The molecule has 1 fully saturated rings. The van der Waals surface area contributed by atoms with Crippen molar-refractivity contribution in [3.63, 3.8) is 0 Å². The van der Waals surface area contributed by atoms with Gasteiger partial charge in [-0.1, -0.05) is 0 Å². The van der Waals surface area contributed by atoms with Gasteiger partial charge in [0.15, 0.2) is 6.23 Å². The van der Waals surface area contributed by atoms with E-state index in [1.807, 2.05) is 0 Å². The Hall–Kier alpha value is -1.75. The molecule has 0 saturated carbocycles. The zero-order chi connectivity index (χ0) is 17.0. The number of amides is 1. The molecule has 1 heterocycles. The number of nitrogens with one attached hydrogen (secondary N) is 2. The Morgan fingerprint density at radius 3 is 2.39 bits per heavy atom. The molecule has 1 aliphatic heterocycles. The molecule has 0 unspecified atom stereocenters. The summed E-state index contributed by atoms with van der Waals surface area (Å²) in [6.07, 6.45) is -6.69. The molecular formula is C14H20N2O7. The Labute approximate surface area is 132 Å². The van der Waals surface area contributed by atoms with Crippen molar-refractivity contribution >= 4 is 5.91 Å². The zero-order valence-corrected chi connectivity index (χ0v) is 12.4. The third-order valence-electron chi connectivity index (χ3n) is 3.57. The fourth-order valence-electron chi connectivity index (χ4n) is 2.17. The first-order valence-corrected chi connectivity index (χ1v) is 6.98. The van der Waals surface area contributed by atoms with Crippen molar-refractivity contribution in [3.8, 4) is 5.75 Å². The number of hydrogen-bond donors (Lipinski definition) is 6. The summed E-state index contributed by atoms with van der Waals surface area (Å²) in [4.78, 5) is 12.0. The van der Waals surface area contributed by atoms with E-state index in [1.165, 1.54) is 7.11 Å². The minimum Gasteiger partial charge on any atom is -0.497 e. The van der Waals surface area contributed by atoms with E-state index in [0.29, 0.717) is 11.3 Å². The Morgan fingerprint density at radius 2 is 1.83 bits per heavy atom. The van der Waals surface area contributed by atoms with Gasteiger partial charge in [0.25, 0.3) is 5.91 Å². The van der Waals surface area contributed by atoms with Crippen LogP contribution >= 0.6 is 0 Å². The fraction of sp³-hybridized carbons (Fsp3) is 0.500. The average molecular weight is 328 g/mol. The van der Waals surface area contributed by atoms with Gasteiger partial charge in [-0.3, -0.25) is 10.2 Å². The van der Waals surface area contributed by atoms with Gasteiger partial charge < -0.3 is 29.9 Å². The fourth-order valence-corrected chi connectivity index (χ4v) is 2.17. The third kappa shape index (κ3) is 3.96. The molecule has 6 N–H and O–H groups in total. The van der Waals surface area contributed by atoms with Crippen LogP contribution in [-0.4, -0.2) is 70.7 Å². The van der Waals surface area contributed by atoms with Crippen LogP contribution in [0.2, 0.25) is 0 Å². The van der Waals surface area contributed by atoms with Gasteiger partial charge in [0, 0.05) is 5.56 Å². The molecule has 9 heteroatoms. The van der Waals surface area contributed by atoms with E-state index in [0.717, 1.165) is 0 Å². The number of hydrogen-bond acceptors (Lipinski definition) is 8. The van der Waals surface area contributed by atoms with Gasteiger partial charge in [0.2, 0.25) is 0 Å². The van der Waals surface area contributed by atoms with Crippen molar-refractivity contribution in [2.45, 2.75) is 30.6 Å². The first-order chi connectivity index (χ1) is 11.0. The first kappa shape index (κ1) is 17.6. The van der Waals surface area contributed by atoms with Gasteiger partial charge in [-0.05, 0) is 24.3 Å². The van der Waals surface area contributed by atoms with E-state index >= 15 is 0 Å². The van der Waals surface area contributed by atoms with E-state index in [2.05, 4.69) is 10.9 Å². The highest BCUT2D eigenvalue weighted by molar-refractivity contribution is 5.93. The normalized spacial score (nSPS) is 30.7. The molecule has 1 saturated heterocycles. The Balaban J connectivity index is 1.94. The predicted molar refractivity (Wildman–Crippen MR) is 77.4 cm³/mol. The number of aliphatic hydroxyl groups is 4. The zero-order valence-electron chi connectivity index (χ0n) is 12.4. The lowest BCUT2D eigenvalue weighted by molar-refractivity contribution is -0.238. The number of aliphatic hydroxyl groups excluding tert-OH is 4. The third-order valence-corrected chi connectivity index (χ3v) is 3.57. The molecule has 1 aromatic carbocycles. The molecule has 5 atom stereocenters. The topological polar surface area (TPSA) is 141 Å². The van der Waals surface area contributed by atoms with Gasteiger partial charge >= 0.3 is 0 Å². The van der Waals surface area contributed by atoms with Crippen molar-refractivity contribution in [1.29, 1.82) is 0 Å². The molecule has 0 bridgehead atoms. The highest BCUT2D eigenvalue weighted by atomic mass is 16.6. The van der Waals surface area contributed by atoms with Crippen LogP contribution in [0.25, 0.3) is 0 Å². The lowest BCUT2D eigenvalue weighted by Crippen LogP contribution is -2.64. The molecule has 0 radical (unpaired) electrons. The molecular weight excluding hydrogens is 308 g/mol. The molecule has 1 aromatic rings. The number of carbonyl (C=O) groups excluding carboxylic acids is 1. The van der Waals surface area contributed by atoms with Crippen LogP contribution < -0.4 is 15.6 Å². The summed E-state index contributed by atoms with van der Waals surface area (Å²) in [7, 11) is 1.51. The largest absolute Gasteiger partial charge is 0.497 e. The second-order valence-electron chi connectivity index (χ2n) is 5.08. The number of carbonyl (C=O) groups is 1. The van der Waals surface area contributed by atoms with Crippen molar-refractivity contribution in [3.05, 3.63) is 29.8 Å². The molecule has 1 amide bonds. The van der Waals surface area contributed by atoms with Crippen LogP contribution in [0.3, 0.4) is 0 Å². The molecule has 0 spiro atoms. The number of hydrazine groups is 1. The van der Waals surface area contributed by atoms with E-state index in [1.54, 1.807) is 24.3 Å². The van der Waals surface area contributed by atoms with Crippen molar-refractivity contribution in [2.75, 3.05) is 13.7 Å². The van der Waals surface area contributed by atoms with Gasteiger partial charge in [-0.15, -0.1) is 0 Å². The van der Waals surface area contributed by atoms with Crippen LogP contribution in [0.5, 0.6) is 5.75 Å². The van der Waals surface area contributed by atoms with Gasteiger partial charge in [0.05, 0.1) is 13.7 Å². The van der Waals surface area contributed by atoms with Crippen molar-refractivity contribution in [1.82, 2.24) is 10.9 Å². The monoisotopic (exact) mass is 328 g/mol. The molecule has 1 aliphatic rings. The van der Waals surface area contributed by atoms with Crippen LogP contribution in [-0.2, 0) is 4.74 Å².